The SMILES string of the molecule is c1ccc(-n2c3ccccc3c3ccc(N(c4ccc(-c5cccc6ccccc56)cc4)c4ccccc4-c4cccc5sc6ccccc6c45)cc32)cc1. The summed E-state index contributed by atoms with van der Waals surface area (Å²) in [6.07, 6.45) is 0. The zero-order valence-electron chi connectivity index (χ0n) is 29.9. The number of hydrogen-bond donors (Lipinski definition) is 0. The molecular formula is C52H34N2S. The van der Waals surface area contributed by atoms with Crippen LogP contribution in [0.2, 0.25) is 0 Å². The summed E-state index contributed by atoms with van der Waals surface area (Å²) < 4.78 is 5.01. The Bertz CT molecular complexity index is 3200. The molecule has 2 aromatic heterocycles. The number of aromatic nitrogens is 1. The Morgan fingerprint density at radius 2 is 1.00 bits per heavy atom. The summed E-state index contributed by atoms with van der Waals surface area (Å²) in [6, 6.07) is 75.2. The summed E-state index contributed by atoms with van der Waals surface area (Å²) in [7, 11) is 0. The molecule has 55 heavy (non-hydrogen) atoms. The number of anilines is 3. The first-order chi connectivity index (χ1) is 27.3. The standard InChI is InChI=1S/C52H34N2S/c1-2-16-37(17-3-1)54-48-25-10-6-19-42(48)44-33-32-39(34-49(44)54)53(38-30-28-36(29-31-38)41-22-12-15-35-14-4-5-18-40(35)41)47-24-9-7-20-43(47)45-23-13-27-51-52(45)46-21-8-11-26-50(46)55-51/h1-34H. The largest absolute Gasteiger partial charge is 0.310 e. The lowest BCUT2D eigenvalue weighted by Crippen LogP contribution is -2.11. The first-order valence-corrected chi connectivity index (χ1v) is 19.6. The van der Waals surface area contributed by atoms with Crippen molar-refractivity contribution in [2.45, 2.75) is 0 Å². The highest BCUT2D eigenvalue weighted by Crippen LogP contribution is 2.47. The maximum atomic E-state index is 2.45. The molecule has 0 saturated carbocycles. The molecule has 2 nitrogen and oxygen atoms in total. The smallest absolute Gasteiger partial charge is 0.0561 e. The highest BCUT2D eigenvalue weighted by Gasteiger charge is 2.22. The topological polar surface area (TPSA) is 8.17 Å². The van der Waals surface area contributed by atoms with Gasteiger partial charge >= 0.3 is 0 Å². The minimum Gasteiger partial charge on any atom is -0.310 e. The fraction of sp³-hybridized carbons (Fsp3) is 0. The summed E-state index contributed by atoms with van der Waals surface area (Å²) in [4.78, 5) is 2.45. The summed E-state index contributed by atoms with van der Waals surface area (Å²) in [5.41, 5.74) is 11.7. The van der Waals surface area contributed by atoms with Crippen molar-refractivity contribution in [3.8, 4) is 27.9 Å². The van der Waals surface area contributed by atoms with Crippen LogP contribution in [0.4, 0.5) is 17.1 Å². The van der Waals surface area contributed by atoms with Gasteiger partial charge in [0, 0.05) is 53.6 Å². The lowest BCUT2D eigenvalue weighted by molar-refractivity contribution is 1.18. The average Bonchev–Trinajstić information content (AvgIpc) is 3.80. The number of fused-ring (bicyclic) bond motifs is 7. The number of hydrogen-bond acceptors (Lipinski definition) is 2. The van der Waals surface area contributed by atoms with Crippen LogP contribution in [0.1, 0.15) is 0 Å². The van der Waals surface area contributed by atoms with Gasteiger partial charge in [-0.25, -0.2) is 0 Å². The Morgan fingerprint density at radius 1 is 0.382 bits per heavy atom. The van der Waals surface area contributed by atoms with E-state index < -0.39 is 0 Å². The first kappa shape index (κ1) is 31.6. The van der Waals surface area contributed by atoms with E-state index in [-0.39, 0.29) is 0 Å². The molecule has 0 aliphatic rings. The summed E-state index contributed by atoms with van der Waals surface area (Å²) in [5.74, 6) is 0. The predicted octanol–water partition coefficient (Wildman–Crippen LogP) is 15.1. The number of nitrogens with zero attached hydrogens (tertiary/aromatic N) is 2. The monoisotopic (exact) mass is 718 g/mol. The summed E-state index contributed by atoms with van der Waals surface area (Å²) in [5, 5.41) is 7.59. The van der Waals surface area contributed by atoms with E-state index in [1.807, 2.05) is 11.3 Å². The molecule has 0 aliphatic carbocycles. The van der Waals surface area contributed by atoms with Gasteiger partial charge in [-0.05, 0) is 88.1 Å². The van der Waals surface area contributed by atoms with Gasteiger partial charge in [-0.15, -0.1) is 11.3 Å². The molecule has 0 radical (unpaired) electrons. The maximum absolute atomic E-state index is 2.45. The average molecular weight is 719 g/mol. The molecule has 11 aromatic rings. The van der Waals surface area contributed by atoms with Crippen LogP contribution >= 0.6 is 11.3 Å². The second-order valence-electron chi connectivity index (χ2n) is 14.1. The minimum absolute atomic E-state index is 1.10. The zero-order chi connectivity index (χ0) is 36.3. The van der Waals surface area contributed by atoms with Crippen molar-refractivity contribution in [1.29, 1.82) is 0 Å². The molecule has 0 saturated heterocycles. The van der Waals surface area contributed by atoms with Crippen molar-refractivity contribution >= 4 is 81.1 Å². The second-order valence-corrected chi connectivity index (χ2v) is 15.2. The van der Waals surface area contributed by atoms with Gasteiger partial charge in [0.1, 0.15) is 0 Å². The molecule has 0 amide bonds. The minimum atomic E-state index is 1.10. The molecule has 0 aliphatic heterocycles. The zero-order valence-corrected chi connectivity index (χ0v) is 30.7. The Kier molecular flexibility index (Phi) is 7.39. The van der Waals surface area contributed by atoms with E-state index in [4.69, 9.17) is 0 Å². The van der Waals surface area contributed by atoms with Gasteiger partial charge in [-0.3, -0.25) is 0 Å². The van der Waals surface area contributed by atoms with Crippen molar-refractivity contribution in [1.82, 2.24) is 4.57 Å². The first-order valence-electron chi connectivity index (χ1n) is 18.8. The fourth-order valence-electron chi connectivity index (χ4n) is 8.54. The van der Waals surface area contributed by atoms with Crippen molar-refractivity contribution in [3.05, 3.63) is 206 Å². The van der Waals surface area contributed by atoms with E-state index in [0.717, 1.165) is 22.7 Å². The lowest BCUT2D eigenvalue weighted by Gasteiger charge is -2.28. The number of para-hydroxylation sites is 3. The molecule has 0 unspecified atom stereocenters. The van der Waals surface area contributed by atoms with E-state index in [1.165, 1.54) is 75.0 Å². The fourth-order valence-corrected chi connectivity index (χ4v) is 9.68. The van der Waals surface area contributed by atoms with Crippen LogP contribution in [-0.4, -0.2) is 4.57 Å². The van der Waals surface area contributed by atoms with Crippen molar-refractivity contribution < 1.29 is 0 Å². The third-order valence-corrected chi connectivity index (χ3v) is 12.1. The molecule has 11 rings (SSSR count). The van der Waals surface area contributed by atoms with Crippen LogP contribution in [-0.2, 0) is 0 Å². The molecule has 9 aromatic carbocycles. The van der Waals surface area contributed by atoms with Crippen LogP contribution in [0.5, 0.6) is 0 Å². The predicted molar refractivity (Wildman–Crippen MR) is 237 cm³/mol. The molecule has 258 valence electrons. The van der Waals surface area contributed by atoms with E-state index in [9.17, 15) is 0 Å². The molecule has 0 bridgehead atoms. The molecule has 3 heteroatoms. The molecule has 0 atom stereocenters. The van der Waals surface area contributed by atoms with Gasteiger partial charge in [0.05, 0.1) is 16.7 Å². The lowest BCUT2D eigenvalue weighted by atomic mass is 9.96. The Labute approximate surface area is 323 Å². The maximum Gasteiger partial charge on any atom is 0.0561 e. The molecule has 0 fully saturated rings. The highest BCUT2D eigenvalue weighted by molar-refractivity contribution is 7.25. The summed E-state index contributed by atoms with van der Waals surface area (Å²) in [6.45, 7) is 0. The van der Waals surface area contributed by atoms with E-state index >= 15 is 0 Å². The third kappa shape index (κ3) is 5.16. The third-order valence-electron chi connectivity index (χ3n) is 11.0. The molecular weight excluding hydrogens is 685 g/mol. The molecule has 2 heterocycles. The van der Waals surface area contributed by atoms with Gasteiger partial charge in [0.15, 0.2) is 0 Å². The van der Waals surface area contributed by atoms with Crippen LogP contribution < -0.4 is 4.90 Å². The van der Waals surface area contributed by atoms with E-state index in [0.29, 0.717) is 0 Å². The van der Waals surface area contributed by atoms with E-state index in [2.05, 4.69) is 216 Å². The van der Waals surface area contributed by atoms with Gasteiger partial charge in [-0.2, -0.15) is 0 Å². The Balaban J connectivity index is 1.16. The Hall–Kier alpha value is -6.94. The molecule has 0 spiro atoms. The number of benzene rings is 9. The van der Waals surface area contributed by atoms with Gasteiger partial charge in [0.25, 0.3) is 0 Å². The van der Waals surface area contributed by atoms with Gasteiger partial charge in [0.2, 0.25) is 0 Å². The number of thiophene rings is 1. The van der Waals surface area contributed by atoms with Crippen molar-refractivity contribution in [2.75, 3.05) is 4.90 Å². The quantitative estimate of drug-likeness (QED) is 0.166. The van der Waals surface area contributed by atoms with Crippen molar-refractivity contribution in [3.63, 3.8) is 0 Å². The van der Waals surface area contributed by atoms with E-state index in [1.54, 1.807) is 0 Å². The van der Waals surface area contributed by atoms with Crippen LogP contribution in [0.15, 0.2) is 206 Å². The van der Waals surface area contributed by atoms with Gasteiger partial charge < -0.3 is 9.47 Å². The van der Waals surface area contributed by atoms with Crippen molar-refractivity contribution in [2.24, 2.45) is 0 Å². The molecule has 0 N–H and O–H groups in total. The van der Waals surface area contributed by atoms with Crippen LogP contribution in [0, 0.1) is 0 Å². The van der Waals surface area contributed by atoms with Crippen LogP contribution in [0.3, 0.4) is 0 Å². The van der Waals surface area contributed by atoms with Gasteiger partial charge in [-0.1, -0.05) is 146 Å². The van der Waals surface area contributed by atoms with Crippen LogP contribution in [0.25, 0.3) is 80.7 Å². The second kappa shape index (κ2) is 12.9. The Morgan fingerprint density at radius 3 is 1.89 bits per heavy atom. The highest BCUT2D eigenvalue weighted by atomic mass is 32.1. The number of rotatable bonds is 6. The normalized spacial score (nSPS) is 11.6. The summed E-state index contributed by atoms with van der Waals surface area (Å²) >= 11 is 1.86.